The van der Waals surface area contributed by atoms with Crippen LogP contribution in [0.2, 0.25) is 0 Å². The molecule has 4 rings (SSSR count). The van der Waals surface area contributed by atoms with Gasteiger partial charge in [-0.2, -0.15) is 5.10 Å². The van der Waals surface area contributed by atoms with Crippen LogP contribution in [0.3, 0.4) is 0 Å². The summed E-state index contributed by atoms with van der Waals surface area (Å²) in [4.78, 5) is 29.5. The van der Waals surface area contributed by atoms with Gasteiger partial charge in [0.15, 0.2) is 5.13 Å². The van der Waals surface area contributed by atoms with Crippen LogP contribution < -0.4 is 10.6 Å². The lowest BCUT2D eigenvalue weighted by Crippen LogP contribution is -2.17. The smallest absolute Gasteiger partial charge is 0.267 e. The van der Waals surface area contributed by atoms with Crippen LogP contribution in [0, 0.1) is 12.7 Å². The number of nitrogens with one attached hydrogen (secondary N) is 2. The highest BCUT2D eigenvalue weighted by Crippen LogP contribution is 2.20. The first kappa shape index (κ1) is 19.9. The molecule has 0 aliphatic heterocycles. The molecule has 0 spiro atoms. The normalized spacial score (nSPS) is 10.7. The second kappa shape index (κ2) is 8.56. The van der Waals surface area contributed by atoms with E-state index in [0.29, 0.717) is 32.9 Å². The number of thiophene rings is 1. The van der Waals surface area contributed by atoms with Crippen LogP contribution >= 0.6 is 22.7 Å². The van der Waals surface area contributed by atoms with Crippen molar-refractivity contribution in [2.45, 2.75) is 13.3 Å². The third-order valence-corrected chi connectivity index (χ3v) is 5.70. The molecule has 10 heteroatoms. The molecule has 0 saturated heterocycles. The Morgan fingerprint density at radius 1 is 1.13 bits per heavy atom. The van der Waals surface area contributed by atoms with Gasteiger partial charge in [-0.05, 0) is 42.6 Å². The molecule has 0 saturated carbocycles. The van der Waals surface area contributed by atoms with E-state index in [1.54, 1.807) is 47.3 Å². The van der Waals surface area contributed by atoms with Gasteiger partial charge < -0.3 is 5.32 Å². The van der Waals surface area contributed by atoms with Gasteiger partial charge in [-0.15, -0.1) is 22.7 Å². The number of aryl methyl sites for hydroxylation is 1. The van der Waals surface area contributed by atoms with Crippen LogP contribution in [0.5, 0.6) is 0 Å². The van der Waals surface area contributed by atoms with Crippen molar-refractivity contribution < 1.29 is 14.0 Å². The minimum atomic E-state index is -0.348. The van der Waals surface area contributed by atoms with Gasteiger partial charge in [-0.25, -0.2) is 14.1 Å². The maximum atomic E-state index is 13.2. The summed E-state index contributed by atoms with van der Waals surface area (Å²) in [7, 11) is 0. The Labute approximate surface area is 179 Å². The molecule has 0 aliphatic carbocycles. The number of thiazole rings is 1. The Balaban J connectivity index is 1.42. The lowest BCUT2D eigenvalue weighted by Gasteiger charge is -2.08. The van der Waals surface area contributed by atoms with Crippen molar-refractivity contribution in [2.24, 2.45) is 0 Å². The van der Waals surface area contributed by atoms with E-state index in [4.69, 9.17) is 0 Å². The molecular weight excluding hydrogens is 425 g/mol. The van der Waals surface area contributed by atoms with Crippen molar-refractivity contribution in [3.8, 4) is 5.69 Å². The quantitative estimate of drug-likeness (QED) is 0.468. The van der Waals surface area contributed by atoms with Crippen molar-refractivity contribution in [3.05, 3.63) is 75.3 Å². The van der Waals surface area contributed by atoms with E-state index in [0.717, 1.165) is 0 Å². The third-order valence-electron chi connectivity index (χ3n) is 4.03. The number of aromatic nitrogens is 3. The number of carbonyl (C=O) groups is 2. The molecule has 4 aromatic rings. The first-order valence-electron chi connectivity index (χ1n) is 8.89. The maximum Gasteiger partial charge on any atom is 0.267 e. The fourth-order valence-corrected chi connectivity index (χ4v) is 4.06. The molecule has 3 heterocycles. The molecule has 152 valence electrons. The van der Waals surface area contributed by atoms with E-state index in [-0.39, 0.29) is 24.1 Å². The number of hydrogen-bond acceptors (Lipinski definition) is 6. The summed E-state index contributed by atoms with van der Waals surface area (Å²) >= 11 is 2.60. The SMILES string of the molecule is Cc1cc(NC(=O)Cc2csc(NC(=O)c3cccs3)n2)n(-c2ccc(F)cc2)n1. The molecule has 0 aliphatic rings. The van der Waals surface area contributed by atoms with Crippen LogP contribution in [-0.2, 0) is 11.2 Å². The number of halogens is 1. The van der Waals surface area contributed by atoms with Gasteiger partial charge in [0.2, 0.25) is 5.91 Å². The van der Waals surface area contributed by atoms with E-state index < -0.39 is 0 Å². The number of benzene rings is 1. The highest BCUT2D eigenvalue weighted by molar-refractivity contribution is 7.14. The number of nitrogens with zero attached hydrogens (tertiary/aromatic N) is 3. The monoisotopic (exact) mass is 441 g/mol. The van der Waals surface area contributed by atoms with Gasteiger partial charge >= 0.3 is 0 Å². The molecular formula is C20H16FN5O2S2. The van der Waals surface area contributed by atoms with Crippen molar-refractivity contribution >= 4 is 45.4 Å². The first-order chi connectivity index (χ1) is 14.5. The van der Waals surface area contributed by atoms with E-state index in [9.17, 15) is 14.0 Å². The minimum Gasteiger partial charge on any atom is -0.310 e. The molecule has 0 bridgehead atoms. The third kappa shape index (κ3) is 4.61. The predicted octanol–water partition coefficient (Wildman–Crippen LogP) is 4.27. The highest BCUT2D eigenvalue weighted by Gasteiger charge is 2.14. The minimum absolute atomic E-state index is 0.0407. The van der Waals surface area contributed by atoms with Gasteiger partial charge in [-0.3, -0.25) is 14.9 Å². The summed E-state index contributed by atoms with van der Waals surface area (Å²) in [6.07, 6.45) is 0.0407. The Bertz CT molecular complexity index is 1180. The zero-order valence-corrected chi connectivity index (χ0v) is 17.4. The van der Waals surface area contributed by atoms with Crippen molar-refractivity contribution in [3.63, 3.8) is 0 Å². The molecule has 2 N–H and O–H groups in total. The Kier molecular flexibility index (Phi) is 5.68. The topological polar surface area (TPSA) is 88.9 Å². The van der Waals surface area contributed by atoms with E-state index in [2.05, 4.69) is 20.7 Å². The molecule has 0 fully saturated rings. The Hall–Kier alpha value is -3.37. The van der Waals surface area contributed by atoms with Crippen LogP contribution in [-0.4, -0.2) is 26.6 Å². The standard InChI is InChI=1S/C20H16FN5O2S2/c1-12-9-17(26(25-12)15-6-4-13(21)5-7-15)23-18(27)10-14-11-30-20(22-14)24-19(28)16-3-2-8-29-16/h2-9,11H,10H2,1H3,(H,23,27)(H,22,24,28). The number of anilines is 2. The average molecular weight is 442 g/mol. The average Bonchev–Trinajstić information content (AvgIpc) is 3.44. The van der Waals surface area contributed by atoms with E-state index in [1.165, 1.54) is 34.8 Å². The van der Waals surface area contributed by atoms with Gasteiger partial charge in [-0.1, -0.05) is 6.07 Å². The maximum absolute atomic E-state index is 13.2. The highest BCUT2D eigenvalue weighted by atomic mass is 32.1. The summed E-state index contributed by atoms with van der Waals surface area (Å²) in [5.74, 6) is -0.377. The van der Waals surface area contributed by atoms with Crippen molar-refractivity contribution in [2.75, 3.05) is 10.6 Å². The molecule has 7 nitrogen and oxygen atoms in total. The number of amides is 2. The molecule has 0 unspecified atom stereocenters. The molecule has 30 heavy (non-hydrogen) atoms. The zero-order chi connectivity index (χ0) is 21.1. The van der Waals surface area contributed by atoms with Crippen LogP contribution in [0.25, 0.3) is 5.69 Å². The fraction of sp³-hybridized carbons (Fsp3) is 0.100. The molecule has 2 amide bonds. The van der Waals surface area contributed by atoms with Gasteiger partial charge in [0, 0.05) is 11.4 Å². The number of carbonyl (C=O) groups excluding carboxylic acids is 2. The lowest BCUT2D eigenvalue weighted by molar-refractivity contribution is -0.115. The largest absolute Gasteiger partial charge is 0.310 e. The van der Waals surface area contributed by atoms with Crippen LogP contribution in [0.4, 0.5) is 15.3 Å². The van der Waals surface area contributed by atoms with Gasteiger partial charge in [0.05, 0.1) is 28.4 Å². The summed E-state index contributed by atoms with van der Waals surface area (Å²) in [6.45, 7) is 1.80. The van der Waals surface area contributed by atoms with E-state index in [1.807, 2.05) is 5.38 Å². The Morgan fingerprint density at radius 2 is 1.93 bits per heavy atom. The Morgan fingerprint density at radius 3 is 2.67 bits per heavy atom. The second-order valence-corrected chi connectivity index (χ2v) is 8.17. The summed E-state index contributed by atoms with van der Waals surface area (Å²) < 4.78 is 14.7. The molecule has 3 aromatic heterocycles. The summed E-state index contributed by atoms with van der Waals surface area (Å²) in [5.41, 5.74) is 1.89. The van der Waals surface area contributed by atoms with Crippen molar-refractivity contribution in [1.82, 2.24) is 14.8 Å². The van der Waals surface area contributed by atoms with Crippen LogP contribution in [0.1, 0.15) is 21.1 Å². The number of rotatable bonds is 6. The van der Waals surface area contributed by atoms with Crippen LogP contribution in [0.15, 0.2) is 53.2 Å². The lowest BCUT2D eigenvalue weighted by atomic mass is 10.3. The van der Waals surface area contributed by atoms with Gasteiger partial charge in [0.1, 0.15) is 11.6 Å². The van der Waals surface area contributed by atoms with Crippen molar-refractivity contribution in [1.29, 1.82) is 0 Å². The molecule has 0 radical (unpaired) electrons. The summed E-state index contributed by atoms with van der Waals surface area (Å²) in [5, 5.41) is 13.9. The zero-order valence-electron chi connectivity index (χ0n) is 15.8. The van der Waals surface area contributed by atoms with E-state index >= 15 is 0 Å². The molecule has 1 aromatic carbocycles. The second-order valence-electron chi connectivity index (χ2n) is 6.36. The molecule has 0 atom stereocenters. The summed E-state index contributed by atoms with van der Waals surface area (Å²) in [6, 6.07) is 11.1. The number of hydrogen-bond donors (Lipinski definition) is 2. The predicted molar refractivity (Wildman–Crippen MR) is 115 cm³/mol. The first-order valence-corrected chi connectivity index (χ1v) is 10.7. The van der Waals surface area contributed by atoms with Gasteiger partial charge in [0.25, 0.3) is 5.91 Å². The fourth-order valence-electron chi connectivity index (χ4n) is 2.73.